The van der Waals surface area contributed by atoms with Crippen LogP contribution in [0.3, 0.4) is 0 Å². The van der Waals surface area contributed by atoms with Crippen LogP contribution in [0.4, 0.5) is 11.5 Å². The lowest BCUT2D eigenvalue weighted by Gasteiger charge is -2.44. The number of carbonyl (C=O) groups excluding carboxylic acids is 4. The van der Waals surface area contributed by atoms with Crippen LogP contribution in [0.25, 0.3) is 0 Å². The van der Waals surface area contributed by atoms with Crippen molar-refractivity contribution in [2.75, 3.05) is 11.9 Å². The third kappa shape index (κ3) is 6.69. The average Bonchev–Trinajstić information content (AvgIpc) is 2.77. The Morgan fingerprint density at radius 3 is 1.89 bits per heavy atom. The molecule has 1 aliphatic heterocycles. The highest BCUT2D eigenvalue weighted by Gasteiger charge is 2.53. The van der Waals surface area contributed by atoms with Gasteiger partial charge in [-0.1, -0.05) is 0 Å². The minimum Gasteiger partial charge on any atom is -0.463 e. The third-order valence-electron chi connectivity index (χ3n) is 5.09. The van der Waals surface area contributed by atoms with E-state index in [1.165, 1.54) is 0 Å². The minimum absolute atomic E-state index is 0.510. The fourth-order valence-electron chi connectivity index (χ4n) is 3.64. The van der Waals surface area contributed by atoms with E-state index < -0.39 is 88.8 Å². The summed E-state index contributed by atoms with van der Waals surface area (Å²) in [5.74, 6) is -4.02. The van der Waals surface area contributed by atoms with Crippen molar-refractivity contribution in [2.45, 2.75) is 58.3 Å². The molecule has 2 rings (SSSR count). The number of nitrogens with one attached hydrogen (secondary N) is 1. The lowest BCUT2D eigenvalue weighted by Crippen LogP contribution is -2.64. The molecule has 0 amide bonds. The number of anilines is 1. The molecule has 0 bridgehead atoms. The third-order valence-corrected chi connectivity index (χ3v) is 5.09. The molecule has 1 saturated heterocycles. The van der Waals surface area contributed by atoms with Crippen LogP contribution in [0.1, 0.15) is 27.7 Å². The summed E-state index contributed by atoms with van der Waals surface area (Å²) in [6.45, 7) is 3.60. The Labute approximate surface area is 208 Å². The summed E-state index contributed by atoms with van der Waals surface area (Å²) in [5.41, 5.74) is -3.23. The van der Waals surface area contributed by atoms with E-state index in [1.54, 1.807) is 0 Å². The molecule has 0 aromatic carbocycles. The highest BCUT2D eigenvalue weighted by molar-refractivity contribution is 5.69. The summed E-state index contributed by atoms with van der Waals surface area (Å²) in [7, 11) is 2.16. The van der Waals surface area contributed by atoms with Gasteiger partial charge in [-0.25, -0.2) is 4.79 Å². The summed E-state index contributed by atoms with van der Waals surface area (Å²) < 4.78 is 27.8. The molecule has 0 aliphatic carbocycles. The maximum atomic E-state index is 12.5. The fourth-order valence-corrected chi connectivity index (χ4v) is 3.64. The van der Waals surface area contributed by atoms with Gasteiger partial charge in [0.05, 0.1) is 4.92 Å². The normalized spacial score (nSPS) is 22.9. The van der Waals surface area contributed by atoms with Crippen LogP contribution in [-0.2, 0) is 57.0 Å². The van der Waals surface area contributed by atoms with Gasteiger partial charge in [0, 0.05) is 41.8 Å². The van der Waals surface area contributed by atoms with Gasteiger partial charge in [-0.3, -0.25) is 43.2 Å². The van der Waals surface area contributed by atoms with E-state index in [0.29, 0.717) is 4.57 Å². The van der Waals surface area contributed by atoms with Crippen molar-refractivity contribution >= 4 is 35.4 Å². The number of rotatable bonds is 8. The topological polar surface area (TPSA) is 214 Å². The highest BCUT2D eigenvalue weighted by Crippen LogP contribution is 2.31. The second-order valence-electron chi connectivity index (χ2n) is 7.92. The molecular weight excluding hydrogens is 504 g/mol. The number of esters is 4. The van der Waals surface area contributed by atoms with Crippen molar-refractivity contribution in [3.63, 3.8) is 0 Å². The molecule has 1 aliphatic rings. The van der Waals surface area contributed by atoms with Crippen molar-refractivity contribution in [3.8, 4) is 0 Å². The Kier molecular flexibility index (Phi) is 9.11. The van der Waals surface area contributed by atoms with Gasteiger partial charge in [0.1, 0.15) is 12.7 Å². The molecule has 0 unspecified atom stereocenters. The Morgan fingerprint density at radius 2 is 1.41 bits per heavy atom. The number of nitro groups is 1. The monoisotopic (exact) mass is 530 g/mol. The summed E-state index contributed by atoms with van der Waals surface area (Å²) in [6.07, 6.45) is -7.66. The molecule has 5 atom stereocenters. The van der Waals surface area contributed by atoms with Crippen LogP contribution in [0.2, 0.25) is 0 Å². The standard InChI is InChI=1S/C20H26N4O13/c1-8(25)33-7-12-14(34-9(2)26)15(35-10(3)27)16(36-11(4)28)18(37-12)21-17-13(24(31)32)19(29)23(6)20(30)22(17)5/h12,14-16,18,21H,7H2,1-6H3/t12-,14+,15-,16+,18-/m0/s1. The van der Waals surface area contributed by atoms with E-state index in [4.69, 9.17) is 23.7 Å². The van der Waals surface area contributed by atoms with Crippen LogP contribution in [0.15, 0.2) is 9.59 Å². The first kappa shape index (κ1) is 29.0. The van der Waals surface area contributed by atoms with Gasteiger partial charge >= 0.3 is 40.8 Å². The second kappa shape index (κ2) is 11.6. The predicted octanol–water partition coefficient (Wildman–Crippen LogP) is -1.51. The van der Waals surface area contributed by atoms with Crippen LogP contribution in [0, 0.1) is 10.1 Å². The summed E-state index contributed by atoms with van der Waals surface area (Å²) in [5, 5.41) is 14.2. The molecule has 37 heavy (non-hydrogen) atoms. The number of hydrogen-bond acceptors (Lipinski definition) is 14. The average molecular weight is 530 g/mol. The zero-order chi connectivity index (χ0) is 28.2. The SMILES string of the molecule is CC(=O)OC[C@@H]1O[C@H](Nc2c([N+](=O)[O-])c(=O)n(C)c(=O)n2C)[C@H](OC(C)=O)[C@@H](OC(C)=O)[C@@H]1OC(C)=O. The van der Waals surface area contributed by atoms with Gasteiger partial charge in [0.15, 0.2) is 30.4 Å². The Bertz CT molecular complexity index is 1220. The van der Waals surface area contributed by atoms with Gasteiger partial charge in [0.2, 0.25) is 0 Å². The van der Waals surface area contributed by atoms with Gasteiger partial charge in [0.25, 0.3) is 0 Å². The summed E-state index contributed by atoms with van der Waals surface area (Å²) >= 11 is 0. The van der Waals surface area contributed by atoms with Gasteiger partial charge in [-0.15, -0.1) is 0 Å². The van der Waals surface area contributed by atoms with Gasteiger partial charge in [-0.05, 0) is 0 Å². The zero-order valence-corrected chi connectivity index (χ0v) is 20.7. The van der Waals surface area contributed by atoms with Crippen LogP contribution in [0.5, 0.6) is 0 Å². The van der Waals surface area contributed by atoms with E-state index in [1.807, 2.05) is 0 Å². The van der Waals surface area contributed by atoms with Crippen molar-refractivity contribution in [3.05, 3.63) is 31.0 Å². The number of hydrogen-bond donors (Lipinski definition) is 1. The highest BCUT2D eigenvalue weighted by atomic mass is 16.7. The van der Waals surface area contributed by atoms with Crippen molar-refractivity contribution in [2.24, 2.45) is 14.1 Å². The molecule has 0 radical (unpaired) electrons. The van der Waals surface area contributed by atoms with E-state index >= 15 is 0 Å². The Balaban J connectivity index is 2.71. The first-order valence-corrected chi connectivity index (χ1v) is 10.7. The smallest absolute Gasteiger partial charge is 0.374 e. The number of aromatic nitrogens is 2. The summed E-state index contributed by atoms with van der Waals surface area (Å²) in [4.78, 5) is 82.7. The molecule has 1 N–H and O–H groups in total. The maximum Gasteiger partial charge on any atom is 0.374 e. The summed E-state index contributed by atoms with van der Waals surface area (Å²) in [6, 6.07) is 0. The number of nitrogens with zero attached hydrogens (tertiary/aromatic N) is 3. The van der Waals surface area contributed by atoms with E-state index in [0.717, 1.165) is 46.4 Å². The second-order valence-corrected chi connectivity index (χ2v) is 7.92. The molecule has 204 valence electrons. The molecule has 1 aromatic heterocycles. The first-order valence-electron chi connectivity index (χ1n) is 10.7. The molecule has 2 heterocycles. The van der Waals surface area contributed by atoms with E-state index in [-0.39, 0.29) is 0 Å². The minimum atomic E-state index is -1.64. The first-order chi connectivity index (χ1) is 17.1. The molecule has 1 aromatic rings. The fraction of sp³-hybridized carbons (Fsp3) is 0.600. The van der Waals surface area contributed by atoms with Crippen molar-refractivity contribution in [1.82, 2.24) is 9.13 Å². The van der Waals surface area contributed by atoms with Crippen LogP contribution >= 0.6 is 0 Å². The molecule has 0 saturated carbocycles. The van der Waals surface area contributed by atoms with Crippen LogP contribution < -0.4 is 16.6 Å². The lowest BCUT2D eigenvalue weighted by molar-refractivity contribution is -0.386. The molecule has 1 fully saturated rings. The van der Waals surface area contributed by atoms with E-state index in [2.05, 4.69) is 5.32 Å². The predicted molar refractivity (Wildman–Crippen MR) is 119 cm³/mol. The molecule has 17 nitrogen and oxygen atoms in total. The zero-order valence-electron chi connectivity index (χ0n) is 20.7. The number of ether oxygens (including phenoxy) is 5. The quantitative estimate of drug-likeness (QED) is 0.175. The van der Waals surface area contributed by atoms with Gasteiger partial charge < -0.3 is 29.0 Å². The van der Waals surface area contributed by atoms with E-state index in [9.17, 15) is 38.9 Å². The molecule has 0 spiro atoms. The lowest BCUT2D eigenvalue weighted by atomic mass is 9.97. The van der Waals surface area contributed by atoms with Crippen molar-refractivity contribution < 1.29 is 47.8 Å². The number of carbonyl (C=O) groups is 4. The Hall–Kier alpha value is -4.28. The largest absolute Gasteiger partial charge is 0.463 e. The van der Waals surface area contributed by atoms with Gasteiger partial charge in [-0.2, -0.15) is 0 Å². The molecule has 17 heteroatoms. The Morgan fingerprint density at radius 1 is 0.892 bits per heavy atom. The van der Waals surface area contributed by atoms with Crippen LogP contribution in [-0.4, -0.2) is 75.2 Å². The molecular formula is C20H26N4O13. The van der Waals surface area contributed by atoms with Crippen molar-refractivity contribution in [1.29, 1.82) is 0 Å². The maximum absolute atomic E-state index is 12.5.